The summed E-state index contributed by atoms with van der Waals surface area (Å²) >= 11 is 0. The molecule has 5 heteroatoms. The van der Waals surface area contributed by atoms with Crippen molar-refractivity contribution in [1.29, 1.82) is 5.26 Å². The van der Waals surface area contributed by atoms with E-state index >= 15 is 0 Å². The van der Waals surface area contributed by atoms with Gasteiger partial charge in [-0.3, -0.25) is 9.59 Å². The Kier molecular flexibility index (Phi) is 5.81. The Bertz CT molecular complexity index is 365. The minimum absolute atomic E-state index is 0.136. The van der Waals surface area contributed by atoms with E-state index in [0.717, 1.165) is 19.3 Å². The fourth-order valence-corrected chi connectivity index (χ4v) is 2.99. The molecule has 2 amide bonds. The average molecular weight is 265 g/mol. The van der Waals surface area contributed by atoms with Crippen molar-refractivity contribution >= 4 is 11.8 Å². The number of nitrogens with zero attached hydrogens (tertiary/aromatic N) is 1. The Morgan fingerprint density at radius 2 is 1.79 bits per heavy atom. The van der Waals surface area contributed by atoms with Gasteiger partial charge in [0.25, 0.3) is 0 Å². The molecule has 5 nitrogen and oxygen atoms in total. The van der Waals surface area contributed by atoms with Crippen LogP contribution in [0.1, 0.15) is 46.0 Å². The van der Waals surface area contributed by atoms with Crippen LogP contribution in [0.3, 0.4) is 0 Å². The van der Waals surface area contributed by atoms with Crippen LogP contribution in [0.25, 0.3) is 0 Å². The van der Waals surface area contributed by atoms with E-state index in [4.69, 9.17) is 5.26 Å². The van der Waals surface area contributed by atoms with Crippen molar-refractivity contribution in [3.63, 3.8) is 0 Å². The molecule has 0 bridgehead atoms. The summed E-state index contributed by atoms with van der Waals surface area (Å²) in [7, 11) is 0. The summed E-state index contributed by atoms with van der Waals surface area (Å²) in [6, 6.07) is 1.77. The highest BCUT2D eigenvalue weighted by atomic mass is 16.2. The Hall–Kier alpha value is -1.57. The number of amides is 2. The summed E-state index contributed by atoms with van der Waals surface area (Å²) in [5.74, 6) is -0.771. The predicted molar refractivity (Wildman–Crippen MR) is 72.0 cm³/mol. The number of nitrogens with one attached hydrogen (secondary N) is 2. The van der Waals surface area contributed by atoms with Crippen molar-refractivity contribution < 1.29 is 9.59 Å². The number of carbonyl (C=O) groups excluding carboxylic acids is 2. The number of hydrogen-bond donors (Lipinski definition) is 2. The van der Waals surface area contributed by atoms with Gasteiger partial charge in [0.2, 0.25) is 0 Å². The molecule has 2 N–H and O–H groups in total. The summed E-state index contributed by atoms with van der Waals surface area (Å²) in [4.78, 5) is 23.0. The molecule has 106 valence electrons. The van der Waals surface area contributed by atoms with Crippen LogP contribution in [0.5, 0.6) is 0 Å². The highest BCUT2D eigenvalue weighted by Gasteiger charge is 2.35. The average Bonchev–Trinajstić information content (AvgIpc) is 2.81. The SMILES string of the molecule is CC(C)CC1(CNC(=O)C(=O)NCC#N)CCCC1. The van der Waals surface area contributed by atoms with Crippen LogP contribution in [-0.2, 0) is 9.59 Å². The smallest absolute Gasteiger partial charge is 0.310 e. The van der Waals surface area contributed by atoms with Crippen molar-refractivity contribution in [2.24, 2.45) is 11.3 Å². The molecule has 0 atom stereocenters. The molecule has 0 aromatic heterocycles. The Labute approximate surface area is 114 Å². The van der Waals surface area contributed by atoms with Crippen LogP contribution in [-0.4, -0.2) is 24.9 Å². The van der Waals surface area contributed by atoms with Gasteiger partial charge in [-0.25, -0.2) is 0 Å². The summed E-state index contributed by atoms with van der Waals surface area (Å²) in [5, 5.41) is 13.3. The zero-order valence-corrected chi connectivity index (χ0v) is 11.8. The molecule has 1 rings (SSSR count). The Morgan fingerprint density at radius 1 is 1.21 bits per heavy atom. The topological polar surface area (TPSA) is 82.0 Å². The first-order valence-electron chi connectivity index (χ1n) is 6.92. The van der Waals surface area contributed by atoms with E-state index in [0.29, 0.717) is 12.5 Å². The zero-order valence-electron chi connectivity index (χ0n) is 11.8. The fourth-order valence-electron chi connectivity index (χ4n) is 2.99. The van der Waals surface area contributed by atoms with Gasteiger partial charge in [0, 0.05) is 6.54 Å². The van der Waals surface area contributed by atoms with Gasteiger partial charge in [-0.2, -0.15) is 5.26 Å². The van der Waals surface area contributed by atoms with Gasteiger partial charge in [0.05, 0.1) is 6.07 Å². The van der Waals surface area contributed by atoms with Crippen molar-refractivity contribution in [2.45, 2.75) is 46.0 Å². The lowest BCUT2D eigenvalue weighted by Crippen LogP contribution is -2.44. The summed E-state index contributed by atoms with van der Waals surface area (Å²) in [6.07, 6.45) is 5.70. The minimum Gasteiger partial charge on any atom is -0.347 e. The molecular formula is C14H23N3O2. The maximum Gasteiger partial charge on any atom is 0.310 e. The maximum atomic E-state index is 11.6. The molecule has 0 radical (unpaired) electrons. The van der Waals surface area contributed by atoms with E-state index in [1.165, 1.54) is 12.8 Å². The number of rotatable bonds is 5. The number of hydrogen-bond acceptors (Lipinski definition) is 3. The number of carbonyl (C=O) groups is 2. The predicted octanol–water partition coefficient (Wildman–Crippen LogP) is 1.35. The molecule has 0 aromatic carbocycles. The van der Waals surface area contributed by atoms with Gasteiger partial charge in [-0.15, -0.1) is 0 Å². The molecular weight excluding hydrogens is 242 g/mol. The lowest BCUT2D eigenvalue weighted by atomic mass is 9.78. The van der Waals surface area contributed by atoms with E-state index in [2.05, 4.69) is 24.5 Å². The van der Waals surface area contributed by atoms with E-state index in [1.807, 2.05) is 0 Å². The quantitative estimate of drug-likeness (QED) is 0.581. The van der Waals surface area contributed by atoms with Crippen LogP contribution >= 0.6 is 0 Å². The highest BCUT2D eigenvalue weighted by molar-refractivity contribution is 6.35. The summed E-state index contributed by atoms with van der Waals surface area (Å²) in [5.41, 5.74) is 0.152. The van der Waals surface area contributed by atoms with E-state index in [-0.39, 0.29) is 12.0 Å². The molecule has 1 fully saturated rings. The lowest BCUT2D eigenvalue weighted by molar-refractivity contribution is -0.139. The second-order valence-corrected chi connectivity index (χ2v) is 5.83. The largest absolute Gasteiger partial charge is 0.347 e. The second kappa shape index (κ2) is 7.13. The summed E-state index contributed by atoms with van der Waals surface area (Å²) < 4.78 is 0. The Morgan fingerprint density at radius 3 is 2.32 bits per heavy atom. The second-order valence-electron chi connectivity index (χ2n) is 5.83. The van der Waals surface area contributed by atoms with Crippen LogP contribution in [0.2, 0.25) is 0 Å². The first-order valence-corrected chi connectivity index (χ1v) is 6.92. The van der Waals surface area contributed by atoms with Crippen LogP contribution in [0.4, 0.5) is 0 Å². The summed E-state index contributed by atoms with van der Waals surface area (Å²) in [6.45, 7) is 4.79. The van der Waals surface area contributed by atoms with Crippen LogP contribution < -0.4 is 10.6 Å². The van der Waals surface area contributed by atoms with Gasteiger partial charge < -0.3 is 10.6 Å². The third-order valence-electron chi connectivity index (χ3n) is 3.66. The molecule has 0 saturated heterocycles. The van der Waals surface area contributed by atoms with Crippen molar-refractivity contribution in [3.8, 4) is 6.07 Å². The van der Waals surface area contributed by atoms with E-state index < -0.39 is 11.8 Å². The first-order chi connectivity index (χ1) is 8.99. The van der Waals surface area contributed by atoms with E-state index in [1.54, 1.807) is 6.07 Å². The molecule has 0 spiro atoms. The minimum atomic E-state index is -0.723. The molecule has 1 aliphatic carbocycles. The number of nitriles is 1. The van der Waals surface area contributed by atoms with Gasteiger partial charge in [0.15, 0.2) is 0 Å². The van der Waals surface area contributed by atoms with Gasteiger partial charge in [-0.1, -0.05) is 26.7 Å². The maximum absolute atomic E-state index is 11.6. The molecule has 1 saturated carbocycles. The third-order valence-corrected chi connectivity index (χ3v) is 3.66. The molecule has 0 heterocycles. The first kappa shape index (κ1) is 15.5. The normalized spacial score (nSPS) is 16.9. The fraction of sp³-hybridized carbons (Fsp3) is 0.786. The van der Waals surface area contributed by atoms with Crippen molar-refractivity contribution in [2.75, 3.05) is 13.1 Å². The molecule has 0 aromatic rings. The molecule has 19 heavy (non-hydrogen) atoms. The Balaban J connectivity index is 2.46. The zero-order chi connectivity index (χ0) is 14.3. The third kappa shape index (κ3) is 4.90. The molecule has 0 unspecified atom stereocenters. The van der Waals surface area contributed by atoms with Gasteiger partial charge >= 0.3 is 11.8 Å². The standard InChI is InChI=1S/C14H23N3O2/c1-11(2)9-14(5-3-4-6-14)10-17-13(19)12(18)16-8-7-15/h11H,3-6,8-10H2,1-2H3,(H,16,18)(H,17,19). The molecule has 1 aliphatic rings. The van der Waals surface area contributed by atoms with E-state index in [9.17, 15) is 9.59 Å². The van der Waals surface area contributed by atoms with Crippen molar-refractivity contribution in [1.82, 2.24) is 10.6 Å². The van der Waals surface area contributed by atoms with Gasteiger partial charge in [-0.05, 0) is 30.6 Å². The monoisotopic (exact) mass is 265 g/mol. The van der Waals surface area contributed by atoms with Gasteiger partial charge in [0.1, 0.15) is 6.54 Å². The molecule has 0 aliphatic heterocycles. The van der Waals surface area contributed by atoms with Crippen LogP contribution in [0, 0.1) is 22.7 Å². The highest BCUT2D eigenvalue weighted by Crippen LogP contribution is 2.42. The van der Waals surface area contributed by atoms with Crippen molar-refractivity contribution in [3.05, 3.63) is 0 Å². The van der Waals surface area contributed by atoms with Crippen LogP contribution in [0.15, 0.2) is 0 Å². The lowest BCUT2D eigenvalue weighted by Gasteiger charge is -2.31.